The lowest BCUT2D eigenvalue weighted by Gasteiger charge is -2.12. The third-order valence-electron chi connectivity index (χ3n) is 2.68. The molecular formula is C11H19N3O2. The number of aromatic nitrogens is 2. The van der Waals surface area contributed by atoms with Crippen LogP contribution in [-0.4, -0.2) is 21.7 Å². The van der Waals surface area contributed by atoms with Crippen LogP contribution >= 0.6 is 0 Å². The van der Waals surface area contributed by atoms with Crippen LogP contribution in [0.5, 0.6) is 0 Å². The molecule has 0 radical (unpaired) electrons. The fraction of sp³-hybridized carbons (Fsp3) is 0.636. The first-order chi connectivity index (χ1) is 7.56. The standard InChI is InChI=1S/C11H19N3O2/c1-4-9(2)12-6-8-14-10(15)5-7-13(3)11(14)16/h5,7,9,12H,4,6,8H2,1-3H3. The van der Waals surface area contributed by atoms with Gasteiger partial charge < -0.3 is 9.88 Å². The Morgan fingerprint density at radius 1 is 1.44 bits per heavy atom. The minimum Gasteiger partial charge on any atom is -0.312 e. The topological polar surface area (TPSA) is 56.0 Å². The van der Waals surface area contributed by atoms with Crippen LogP contribution in [0, 0.1) is 0 Å². The average Bonchev–Trinajstić information content (AvgIpc) is 2.28. The quantitative estimate of drug-likeness (QED) is 0.763. The second-order valence-corrected chi connectivity index (χ2v) is 3.96. The van der Waals surface area contributed by atoms with E-state index in [9.17, 15) is 9.59 Å². The summed E-state index contributed by atoms with van der Waals surface area (Å²) in [4.78, 5) is 23.1. The van der Waals surface area contributed by atoms with Crippen molar-refractivity contribution in [3.63, 3.8) is 0 Å². The SMILES string of the molecule is CCC(C)NCCn1c(=O)ccn(C)c1=O. The van der Waals surface area contributed by atoms with E-state index < -0.39 is 0 Å². The van der Waals surface area contributed by atoms with Gasteiger partial charge in [0.15, 0.2) is 0 Å². The predicted molar refractivity (Wildman–Crippen MR) is 63.7 cm³/mol. The van der Waals surface area contributed by atoms with Gasteiger partial charge in [-0.15, -0.1) is 0 Å². The van der Waals surface area contributed by atoms with E-state index in [4.69, 9.17) is 0 Å². The maximum Gasteiger partial charge on any atom is 0.330 e. The highest BCUT2D eigenvalue weighted by atomic mass is 16.2. The predicted octanol–water partition coefficient (Wildman–Crippen LogP) is -0.0649. The van der Waals surface area contributed by atoms with Gasteiger partial charge in [0.1, 0.15) is 0 Å². The molecule has 1 N–H and O–H groups in total. The summed E-state index contributed by atoms with van der Waals surface area (Å²) < 4.78 is 2.65. The molecule has 1 aromatic heterocycles. The molecule has 1 heterocycles. The Kier molecular flexibility index (Phi) is 4.49. The molecule has 5 heteroatoms. The summed E-state index contributed by atoms with van der Waals surface area (Å²) in [7, 11) is 1.64. The fourth-order valence-corrected chi connectivity index (χ4v) is 1.39. The van der Waals surface area contributed by atoms with E-state index in [1.165, 1.54) is 21.4 Å². The van der Waals surface area contributed by atoms with Crippen LogP contribution in [0.1, 0.15) is 20.3 Å². The fourth-order valence-electron chi connectivity index (χ4n) is 1.39. The van der Waals surface area contributed by atoms with Gasteiger partial charge in [0, 0.05) is 38.4 Å². The van der Waals surface area contributed by atoms with E-state index in [-0.39, 0.29) is 11.2 Å². The van der Waals surface area contributed by atoms with E-state index in [0.29, 0.717) is 19.1 Å². The molecule has 0 aliphatic heterocycles. The van der Waals surface area contributed by atoms with Crippen molar-refractivity contribution >= 4 is 0 Å². The first-order valence-corrected chi connectivity index (χ1v) is 5.56. The maximum atomic E-state index is 11.6. The Bertz CT molecular complexity index is 447. The van der Waals surface area contributed by atoms with Crippen molar-refractivity contribution in [1.29, 1.82) is 0 Å². The van der Waals surface area contributed by atoms with Gasteiger partial charge in [0.25, 0.3) is 5.56 Å². The molecule has 90 valence electrons. The summed E-state index contributed by atoms with van der Waals surface area (Å²) in [5, 5.41) is 3.25. The van der Waals surface area contributed by atoms with Crippen molar-refractivity contribution in [2.75, 3.05) is 6.54 Å². The van der Waals surface area contributed by atoms with Crippen LogP contribution < -0.4 is 16.6 Å². The van der Waals surface area contributed by atoms with E-state index in [1.807, 2.05) is 0 Å². The number of nitrogens with one attached hydrogen (secondary N) is 1. The average molecular weight is 225 g/mol. The normalized spacial score (nSPS) is 12.7. The first-order valence-electron chi connectivity index (χ1n) is 5.56. The maximum absolute atomic E-state index is 11.6. The molecule has 1 rings (SSSR count). The highest BCUT2D eigenvalue weighted by Gasteiger charge is 2.03. The minimum absolute atomic E-state index is 0.242. The molecule has 5 nitrogen and oxygen atoms in total. The lowest BCUT2D eigenvalue weighted by atomic mass is 10.2. The molecule has 0 bridgehead atoms. The second kappa shape index (κ2) is 5.65. The van der Waals surface area contributed by atoms with Crippen molar-refractivity contribution in [3.05, 3.63) is 33.1 Å². The molecule has 0 fully saturated rings. The summed E-state index contributed by atoms with van der Waals surface area (Å²) in [5.41, 5.74) is -0.507. The molecule has 0 aliphatic carbocycles. The van der Waals surface area contributed by atoms with E-state index >= 15 is 0 Å². The molecule has 0 aromatic carbocycles. The molecule has 1 unspecified atom stereocenters. The Morgan fingerprint density at radius 2 is 2.12 bits per heavy atom. The van der Waals surface area contributed by atoms with Crippen LogP contribution in [-0.2, 0) is 13.6 Å². The number of hydrogen-bond acceptors (Lipinski definition) is 3. The van der Waals surface area contributed by atoms with Crippen LogP contribution in [0.4, 0.5) is 0 Å². The molecule has 0 saturated heterocycles. The molecular weight excluding hydrogens is 206 g/mol. The number of rotatable bonds is 5. The Morgan fingerprint density at radius 3 is 2.75 bits per heavy atom. The second-order valence-electron chi connectivity index (χ2n) is 3.96. The van der Waals surface area contributed by atoms with Gasteiger partial charge in [0.05, 0.1) is 0 Å². The van der Waals surface area contributed by atoms with Crippen LogP contribution in [0.25, 0.3) is 0 Å². The van der Waals surface area contributed by atoms with Crippen molar-refractivity contribution in [2.24, 2.45) is 7.05 Å². The van der Waals surface area contributed by atoms with Crippen LogP contribution in [0.3, 0.4) is 0 Å². The molecule has 0 spiro atoms. The molecule has 0 saturated carbocycles. The Hall–Kier alpha value is -1.36. The number of hydrogen-bond donors (Lipinski definition) is 1. The molecule has 0 aliphatic rings. The van der Waals surface area contributed by atoms with Gasteiger partial charge in [-0.3, -0.25) is 9.36 Å². The lowest BCUT2D eigenvalue weighted by molar-refractivity contribution is 0.485. The van der Waals surface area contributed by atoms with Gasteiger partial charge in [-0.2, -0.15) is 0 Å². The van der Waals surface area contributed by atoms with Gasteiger partial charge in [-0.1, -0.05) is 6.92 Å². The number of nitrogens with zero attached hydrogens (tertiary/aromatic N) is 2. The third-order valence-corrected chi connectivity index (χ3v) is 2.68. The monoisotopic (exact) mass is 225 g/mol. The van der Waals surface area contributed by atoms with Gasteiger partial charge >= 0.3 is 5.69 Å². The highest BCUT2D eigenvalue weighted by molar-refractivity contribution is 4.85. The zero-order valence-corrected chi connectivity index (χ0v) is 10.1. The Labute approximate surface area is 94.7 Å². The van der Waals surface area contributed by atoms with Crippen molar-refractivity contribution in [2.45, 2.75) is 32.9 Å². The summed E-state index contributed by atoms with van der Waals surface area (Å²) in [6.07, 6.45) is 2.52. The van der Waals surface area contributed by atoms with Crippen molar-refractivity contribution < 1.29 is 0 Å². The third kappa shape index (κ3) is 3.06. The van der Waals surface area contributed by atoms with Crippen molar-refractivity contribution in [1.82, 2.24) is 14.5 Å². The van der Waals surface area contributed by atoms with Gasteiger partial charge in [-0.05, 0) is 13.3 Å². The summed E-state index contributed by atoms with van der Waals surface area (Å²) in [6.45, 7) is 5.21. The van der Waals surface area contributed by atoms with Crippen LogP contribution in [0.15, 0.2) is 21.9 Å². The Balaban J connectivity index is 2.71. The van der Waals surface area contributed by atoms with E-state index in [1.54, 1.807) is 7.05 Å². The molecule has 1 atom stereocenters. The van der Waals surface area contributed by atoms with Gasteiger partial charge in [0.2, 0.25) is 0 Å². The minimum atomic E-state index is -0.265. The van der Waals surface area contributed by atoms with Crippen molar-refractivity contribution in [3.8, 4) is 0 Å². The zero-order chi connectivity index (χ0) is 12.1. The molecule has 1 aromatic rings. The van der Waals surface area contributed by atoms with E-state index in [2.05, 4.69) is 19.2 Å². The number of aryl methyl sites for hydroxylation is 1. The van der Waals surface area contributed by atoms with Gasteiger partial charge in [-0.25, -0.2) is 4.79 Å². The zero-order valence-electron chi connectivity index (χ0n) is 10.1. The first kappa shape index (κ1) is 12.7. The smallest absolute Gasteiger partial charge is 0.312 e. The largest absolute Gasteiger partial charge is 0.330 e. The molecule has 16 heavy (non-hydrogen) atoms. The highest BCUT2D eigenvalue weighted by Crippen LogP contribution is 1.86. The van der Waals surface area contributed by atoms with Crippen LogP contribution in [0.2, 0.25) is 0 Å². The molecule has 0 amide bonds. The lowest BCUT2D eigenvalue weighted by Crippen LogP contribution is -2.41. The van der Waals surface area contributed by atoms with E-state index in [0.717, 1.165) is 6.42 Å². The summed E-state index contributed by atoms with van der Waals surface area (Å²) in [6, 6.07) is 1.81. The summed E-state index contributed by atoms with van der Waals surface area (Å²) >= 11 is 0. The summed E-state index contributed by atoms with van der Waals surface area (Å²) in [5.74, 6) is 0.